The van der Waals surface area contributed by atoms with Gasteiger partial charge in [-0.15, -0.1) is 0 Å². The van der Waals surface area contributed by atoms with Crippen molar-refractivity contribution >= 4 is 0 Å². The van der Waals surface area contributed by atoms with Gasteiger partial charge in [0.15, 0.2) is 0 Å². The molecule has 96 valence electrons. The van der Waals surface area contributed by atoms with Crippen LogP contribution in [0.25, 0.3) is 0 Å². The van der Waals surface area contributed by atoms with Gasteiger partial charge in [0.2, 0.25) is 0 Å². The molecule has 0 radical (unpaired) electrons. The summed E-state index contributed by atoms with van der Waals surface area (Å²) in [5.41, 5.74) is 0.185. The highest BCUT2D eigenvalue weighted by Crippen LogP contribution is 2.32. The summed E-state index contributed by atoms with van der Waals surface area (Å²) < 4.78 is 38.5. The van der Waals surface area contributed by atoms with Crippen LogP contribution in [0, 0.1) is 5.92 Å². The Balaban J connectivity index is 2.76. The molecule has 1 aromatic rings. The summed E-state index contributed by atoms with van der Waals surface area (Å²) in [6.45, 7) is 1.67. The van der Waals surface area contributed by atoms with Gasteiger partial charge < -0.3 is 10.4 Å². The van der Waals surface area contributed by atoms with Gasteiger partial charge in [0, 0.05) is 13.2 Å². The molecule has 2 nitrogen and oxygen atoms in total. The van der Waals surface area contributed by atoms with E-state index in [-0.39, 0.29) is 24.6 Å². The van der Waals surface area contributed by atoms with Crippen LogP contribution in [0.1, 0.15) is 18.5 Å². The second-order valence-electron chi connectivity index (χ2n) is 4.08. The largest absolute Gasteiger partial charge is 0.407 e. The van der Waals surface area contributed by atoms with Gasteiger partial charge in [-0.3, -0.25) is 0 Å². The normalized spacial score (nSPS) is 15.6. The summed E-state index contributed by atoms with van der Waals surface area (Å²) in [5, 5.41) is 11.2. The third-order valence-corrected chi connectivity index (χ3v) is 2.44. The molecule has 0 spiro atoms. The van der Waals surface area contributed by atoms with Gasteiger partial charge in [-0.05, 0) is 11.5 Å². The number of benzene rings is 1. The molecule has 0 amide bonds. The van der Waals surface area contributed by atoms with Crippen LogP contribution in [0.2, 0.25) is 0 Å². The minimum absolute atomic E-state index is 0.121. The zero-order chi connectivity index (χ0) is 12.9. The number of halogens is 3. The molecular weight excluding hydrogens is 231 g/mol. The molecule has 2 N–H and O–H groups in total. The lowest BCUT2D eigenvalue weighted by Crippen LogP contribution is -2.37. The predicted molar refractivity (Wildman–Crippen MR) is 59.5 cm³/mol. The molecule has 0 aliphatic heterocycles. The summed E-state index contributed by atoms with van der Waals surface area (Å²) in [4.78, 5) is 0. The van der Waals surface area contributed by atoms with Crippen molar-refractivity contribution in [2.24, 2.45) is 5.92 Å². The number of nitrogens with one attached hydrogen (secondary N) is 1. The number of rotatable bonds is 5. The third kappa shape index (κ3) is 4.36. The van der Waals surface area contributed by atoms with Crippen molar-refractivity contribution in [1.82, 2.24) is 5.32 Å². The Morgan fingerprint density at radius 1 is 1.24 bits per heavy atom. The summed E-state index contributed by atoms with van der Waals surface area (Å²) >= 11 is 0. The molecule has 0 saturated heterocycles. The van der Waals surface area contributed by atoms with Gasteiger partial charge in [0.05, 0.1) is 0 Å². The van der Waals surface area contributed by atoms with Crippen LogP contribution in [0.5, 0.6) is 0 Å². The average molecular weight is 247 g/mol. The SMILES string of the molecule is CC(CO)CNC(c1ccccc1)C(F)(F)F. The Bertz CT molecular complexity index is 326. The second kappa shape index (κ2) is 6.02. The number of aliphatic hydroxyl groups is 1. The molecule has 17 heavy (non-hydrogen) atoms. The molecule has 0 heterocycles. The Labute approximate surface area is 98.5 Å². The van der Waals surface area contributed by atoms with E-state index in [1.807, 2.05) is 0 Å². The monoisotopic (exact) mass is 247 g/mol. The lowest BCUT2D eigenvalue weighted by Gasteiger charge is -2.23. The highest BCUT2D eigenvalue weighted by atomic mass is 19.4. The van der Waals surface area contributed by atoms with E-state index in [2.05, 4.69) is 5.32 Å². The second-order valence-corrected chi connectivity index (χ2v) is 4.08. The summed E-state index contributed by atoms with van der Waals surface area (Å²) in [7, 11) is 0. The number of hydrogen-bond donors (Lipinski definition) is 2. The molecule has 0 bridgehead atoms. The van der Waals surface area contributed by atoms with Gasteiger partial charge in [0.25, 0.3) is 0 Å². The van der Waals surface area contributed by atoms with Crippen molar-refractivity contribution < 1.29 is 18.3 Å². The Morgan fingerprint density at radius 2 is 1.82 bits per heavy atom. The molecule has 1 rings (SSSR count). The van der Waals surface area contributed by atoms with Crippen LogP contribution in [0.15, 0.2) is 30.3 Å². The molecule has 5 heteroatoms. The first-order valence-electron chi connectivity index (χ1n) is 5.41. The molecule has 0 saturated carbocycles. The van der Waals surface area contributed by atoms with Crippen LogP contribution >= 0.6 is 0 Å². The van der Waals surface area contributed by atoms with E-state index in [1.54, 1.807) is 25.1 Å². The van der Waals surface area contributed by atoms with E-state index < -0.39 is 12.2 Å². The van der Waals surface area contributed by atoms with Gasteiger partial charge in [-0.1, -0.05) is 37.3 Å². The van der Waals surface area contributed by atoms with Gasteiger partial charge in [-0.2, -0.15) is 13.2 Å². The summed E-state index contributed by atoms with van der Waals surface area (Å²) in [6.07, 6.45) is -4.34. The number of hydrogen-bond acceptors (Lipinski definition) is 2. The van der Waals surface area contributed by atoms with Gasteiger partial charge >= 0.3 is 6.18 Å². The maximum absolute atomic E-state index is 12.8. The van der Waals surface area contributed by atoms with E-state index in [0.29, 0.717) is 0 Å². The van der Waals surface area contributed by atoms with Crippen molar-refractivity contribution in [3.8, 4) is 0 Å². The van der Waals surface area contributed by atoms with Gasteiger partial charge in [-0.25, -0.2) is 0 Å². The quantitative estimate of drug-likeness (QED) is 0.838. The first-order valence-corrected chi connectivity index (χ1v) is 5.41. The van der Waals surface area contributed by atoms with E-state index in [1.165, 1.54) is 12.1 Å². The third-order valence-electron chi connectivity index (χ3n) is 2.44. The van der Waals surface area contributed by atoms with E-state index in [4.69, 9.17) is 5.11 Å². The molecule has 0 aliphatic carbocycles. The lowest BCUT2D eigenvalue weighted by molar-refractivity contribution is -0.158. The molecule has 0 aromatic heterocycles. The summed E-state index contributed by atoms with van der Waals surface area (Å²) in [5.74, 6) is -0.205. The maximum Gasteiger partial charge on any atom is 0.407 e. The molecular formula is C12H16F3NO. The molecule has 0 fully saturated rings. The molecule has 2 unspecified atom stereocenters. The Morgan fingerprint density at radius 3 is 2.29 bits per heavy atom. The summed E-state index contributed by atoms with van der Waals surface area (Å²) in [6, 6.07) is 6.02. The average Bonchev–Trinajstić information content (AvgIpc) is 2.28. The number of alkyl halides is 3. The minimum atomic E-state index is -4.34. The van der Waals surface area contributed by atoms with Crippen molar-refractivity contribution in [1.29, 1.82) is 0 Å². The van der Waals surface area contributed by atoms with Crippen molar-refractivity contribution in [3.63, 3.8) is 0 Å². The standard InChI is InChI=1S/C12H16F3NO/c1-9(8-17)7-16-11(12(13,14)15)10-5-3-2-4-6-10/h2-6,9,11,16-17H,7-8H2,1H3. The molecule has 1 aromatic carbocycles. The van der Waals surface area contributed by atoms with E-state index in [9.17, 15) is 13.2 Å². The Kier molecular flexibility index (Phi) is 4.96. The van der Waals surface area contributed by atoms with Crippen molar-refractivity contribution in [2.75, 3.05) is 13.2 Å². The minimum Gasteiger partial charge on any atom is -0.396 e. The van der Waals surface area contributed by atoms with Crippen LogP contribution in [0.3, 0.4) is 0 Å². The highest BCUT2D eigenvalue weighted by Gasteiger charge is 2.40. The maximum atomic E-state index is 12.8. The smallest absolute Gasteiger partial charge is 0.396 e. The zero-order valence-corrected chi connectivity index (χ0v) is 9.54. The van der Waals surface area contributed by atoms with Crippen molar-refractivity contribution in [2.45, 2.75) is 19.1 Å². The zero-order valence-electron chi connectivity index (χ0n) is 9.54. The van der Waals surface area contributed by atoms with E-state index in [0.717, 1.165) is 0 Å². The fourth-order valence-electron chi connectivity index (χ4n) is 1.45. The van der Waals surface area contributed by atoms with Gasteiger partial charge in [0.1, 0.15) is 6.04 Å². The van der Waals surface area contributed by atoms with Crippen molar-refractivity contribution in [3.05, 3.63) is 35.9 Å². The van der Waals surface area contributed by atoms with Crippen LogP contribution in [-0.4, -0.2) is 24.4 Å². The predicted octanol–water partition coefficient (Wildman–Crippen LogP) is 2.51. The Hall–Kier alpha value is -1.07. The fraction of sp³-hybridized carbons (Fsp3) is 0.500. The molecule has 2 atom stereocenters. The first-order chi connectivity index (χ1) is 7.95. The van der Waals surface area contributed by atoms with Crippen LogP contribution < -0.4 is 5.32 Å². The first kappa shape index (κ1) is 14.0. The fourth-order valence-corrected chi connectivity index (χ4v) is 1.45. The van der Waals surface area contributed by atoms with Crippen LogP contribution in [-0.2, 0) is 0 Å². The highest BCUT2D eigenvalue weighted by molar-refractivity contribution is 5.20. The number of aliphatic hydroxyl groups excluding tert-OH is 1. The molecule has 0 aliphatic rings. The van der Waals surface area contributed by atoms with E-state index >= 15 is 0 Å². The topological polar surface area (TPSA) is 32.3 Å². The van der Waals surface area contributed by atoms with Crippen LogP contribution in [0.4, 0.5) is 13.2 Å². The lowest BCUT2D eigenvalue weighted by atomic mass is 10.1.